The fourth-order valence-corrected chi connectivity index (χ4v) is 3.19. The van der Waals surface area contributed by atoms with Gasteiger partial charge >= 0.3 is 0 Å². The number of nitrogens with zero attached hydrogens (tertiary/aromatic N) is 2. The normalized spacial score (nSPS) is 27.0. The van der Waals surface area contributed by atoms with Gasteiger partial charge in [0.2, 0.25) is 0 Å². The molecule has 2 heterocycles. The van der Waals surface area contributed by atoms with Crippen LogP contribution < -0.4 is 5.32 Å². The molecule has 2 aliphatic heterocycles. The summed E-state index contributed by atoms with van der Waals surface area (Å²) in [6.07, 6.45) is 2.41. The van der Waals surface area contributed by atoms with Gasteiger partial charge in [0.25, 0.3) is 0 Å². The molecule has 5 heteroatoms. The second-order valence-electron chi connectivity index (χ2n) is 5.99. The topological polar surface area (TPSA) is 37.0 Å². The minimum Gasteiger partial charge on any atom is -0.385 e. The number of likely N-dealkylation sites (tertiary alicyclic amines) is 1. The van der Waals surface area contributed by atoms with Crippen LogP contribution in [0.3, 0.4) is 0 Å². The number of ether oxygens (including phenoxy) is 2. The molecular formula is C15H31N3O2. The van der Waals surface area contributed by atoms with Crippen molar-refractivity contribution in [3.8, 4) is 0 Å². The van der Waals surface area contributed by atoms with Crippen molar-refractivity contribution in [3.63, 3.8) is 0 Å². The highest BCUT2D eigenvalue weighted by Gasteiger charge is 2.30. The molecule has 2 fully saturated rings. The molecule has 0 saturated carbocycles. The zero-order chi connectivity index (χ0) is 14.2. The first-order valence-electron chi connectivity index (χ1n) is 8.06. The Morgan fingerprint density at radius 3 is 2.85 bits per heavy atom. The van der Waals surface area contributed by atoms with Gasteiger partial charge in [-0.15, -0.1) is 0 Å². The molecule has 0 aromatic rings. The van der Waals surface area contributed by atoms with Crippen molar-refractivity contribution in [2.75, 3.05) is 66.2 Å². The van der Waals surface area contributed by atoms with E-state index in [1.807, 2.05) is 0 Å². The Kier molecular flexibility index (Phi) is 7.24. The second-order valence-corrected chi connectivity index (χ2v) is 5.99. The molecule has 20 heavy (non-hydrogen) atoms. The second kappa shape index (κ2) is 8.95. The first-order valence-corrected chi connectivity index (χ1v) is 8.06. The average molecular weight is 285 g/mol. The third kappa shape index (κ3) is 4.97. The molecule has 2 saturated heterocycles. The molecule has 118 valence electrons. The van der Waals surface area contributed by atoms with Gasteiger partial charge in [0.15, 0.2) is 0 Å². The minimum atomic E-state index is 0.628. The van der Waals surface area contributed by atoms with Crippen LogP contribution in [-0.4, -0.2) is 88.1 Å². The summed E-state index contributed by atoms with van der Waals surface area (Å²) in [7, 11) is 1.76. The van der Waals surface area contributed by atoms with Gasteiger partial charge < -0.3 is 14.8 Å². The molecule has 0 radical (unpaired) electrons. The van der Waals surface area contributed by atoms with E-state index in [9.17, 15) is 0 Å². The van der Waals surface area contributed by atoms with Crippen molar-refractivity contribution in [1.82, 2.24) is 15.1 Å². The Balaban J connectivity index is 1.61. The van der Waals surface area contributed by atoms with Crippen LogP contribution in [0.4, 0.5) is 0 Å². The summed E-state index contributed by atoms with van der Waals surface area (Å²) in [6.45, 7) is 11.8. The summed E-state index contributed by atoms with van der Waals surface area (Å²) in [5.74, 6) is 0. The molecule has 0 aromatic heterocycles. The van der Waals surface area contributed by atoms with Gasteiger partial charge in [-0.2, -0.15) is 0 Å². The maximum atomic E-state index is 5.44. The smallest absolute Gasteiger partial charge is 0.0594 e. The van der Waals surface area contributed by atoms with Crippen LogP contribution in [0.5, 0.6) is 0 Å². The summed E-state index contributed by atoms with van der Waals surface area (Å²) in [5.41, 5.74) is 0. The standard InChI is InChI=1S/C15H31N3O2/c1-14(12-16-5-3-9-19-2)18-6-4-15(13-18)17-7-10-20-11-8-17/h14-16H,3-13H2,1-2H3. The van der Waals surface area contributed by atoms with Gasteiger partial charge in [-0.3, -0.25) is 9.80 Å². The van der Waals surface area contributed by atoms with E-state index in [1.54, 1.807) is 7.11 Å². The fourth-order valence-electron chi connectivity index (χ4n) is 3.19. The first kappa shape index (κ1) is 16.2. The van der Waals surface area contributed by atoms with Crippen LogP contribution in [0.25, 0.3) is 0 Å². The van der Waals surface area contributed by atoms with E-state index in [0.29, 0.717) is 6.04 Å². The molecule has 2 rings (SSSR count). The van der Waals surface area contributed by atoms with Gasteiger partial charge in [0.1, 0.15) is 0 Å². The van der Waals surface area contributed by atoms with Crippen LogP contribution >= 0.6 is 0 Å². The lowest BCUT2D eigenvalue weighted by atomic mass is 10.2. The molecule has 0 bridgehead atoms. The largest absolute Gasteiger partial charge is 0.385 e. The van der Waals surface area contributed by atoms with Crippen LogP contribution in [0.15, 0.2) is 0 Å². The highest BCUT2D eigenvalue weighted by atomic mass is 16.5. The maximum absolute atomic E-state index is 5.44. The maximum Gasteiger partial charge on any atom is 0.0594 e. The molecule has 2 aliphatic rings. The summed E-state index contributed by atoms with van der Waals surface area (Å²) in [5, 5.41) is 3.54. The van der Waals surface area contributed by atoms with Gasteiger partial charge in [0.05, 0.1) is 13.2 Å². The van der Waals surface area contributed by atoms with Gasteiger partial charge in [0, 0.05) is 58.5 Å². The van der Waals surface area contributed by atoms with Crippen molar-refractivity contribution < 1.29 is 9.47 Å². The minimum absolute atomic E-state index is 0.628. The summed E-state index contributed by atoms with van der Waals surface area (Å²) < 4.78 is 10.5. The fraction of sp³-hybridized carbons (Fsp3) is 1.00. The highest BCUT2D eigenvalue weighted by Crippen LogP contribution is 2.18. The molecule has 2 unspecified atom stereocenters. The Labute approximate surface area is 123 Å². The zero-order valence-electron chi connectivity index (χ0n) is 13.1. The number of methoxy groups -OCH3 is 1. The molecule has 0 spiro atoms. The quantitative estimate of drug-likeness (QED) is 0.654. The number of morpholine rings is 1. The monoisotopic (exact) mass is 285 g/mol. The van der Waals surface area contributed by atoms with Crippen molar-refractivity contribution in [2.24, 2.45) is 0 Å². The molecule has 0 aromatic carbocycles. The highest BCUT2D eigenvalue weighted by molar-refractivity contribution is 4.87. The average Bonchev–Trinajstić information content (AvgIpc) is 2.98. The lowest BCUT2D eigenvalue weighted by molar-refractivity contribution is 0.0178. The Hall–Kier alpha value is -0.200. The summed E-state index contributed by atoms with van der Waals surface area (Å²) in [4.78, 5) is 5.24. The van der Waals surface area contributed by atoms with Gasteiger partial charge in [-0.25, -0.2) is 0 Å². The van der Waals surface area contributed by atoms with E-state index >= 15 is 0 Å². The van der Waals surface area contributed by atoms with Crippen molar-refractivity contribution in [2.45, 2.75) is 31.8 Å². The molecule has 0 aliphatic carbocycles. The van der Waals surface area contributed by atoms with E-state index in [2.05, 4.69) is 22.0 Å². The van der Waals surface area contributed by atoms with E-state index < -0.39 is 0 Å². The van der Waals surface area contributed by atoms with Crippen molar-refractivity contribution in [1.29, 1.82) is 0 Å². The van der Waals surface area contributed by atoms with E-state index in [1.165, 1.54) is 19.5 Å². The Bertz CT molecular complexity index is 260. The van der Waals surface area contributed by atoms with E-state index in [4.69, 9.17) is 9.47 Å². The van der Waals surface area contributed by atoms with Crippen molar-refractivity contribution >= 4 is 0 Å². The lowest BCUT2D eigenvalue weighted by Crippen LogP contribution is -2.46. The Morgan fingerprint density at radius 1 is 1.30 bits per heavy atom. The summed E-state index contributed by atoms with van der Waals surface area (Å²) >= 11 is 0. The van der Waals surface area contributed by atoms with Crippen LogP contribution in [0, 0.1) is 0 Å². The number of rotatable bonds is 8. The van der Waals surface area contributed by atoms with Crippen LogP contribution in [0.1, 0.15) is 19.8 Å². The Morgan fingerprint density at radius 2 is 2.10 bits per heavy atom. The van der Waals surface area contributed by atoms with E-state index in [0.717, 1.165) is 58.5 Å². The first-order chi connectivity index (χ1) is 9.81. The molecule has 1 N–H and O–H groups in total. The third-order valence-corrected chi connectivity index (χ3v) is 4.52. The zero-order valence-corrected chi connectivity index (χ0v) is 13.1. The number of hydrogen-bond acceptors (Lipinski definition) is 5. The van der Waals surface area contributed by atoms with Crippen LogP contribution in [0.2, 0.25) is 0 Å². The van der Waals surface area contributed by atoms with Gasteiger partial charge in [-0.1, -0.05) is 0 Å². The molecule has 0 amide bonds. The predicted molar refractivity (Wildman–Crippen MR) is 81.2 cm³/mol. The lowest BCUT2D eigenvalue weighted by Gasteiger charge is -2.33. The number of hydrogen-bond donors (Lipinski definition) is 1. The SMILES string of the molecule is COCCCNCC(C)N1CCC(N2CCOCC2)C1. The third-order valence-electron chi connectivity index (χ3n) is 4.52. The molecular weight excluding hydrogens is 254 g/mol. The van der Waals surface area contributed by atoms with Crippen molar-refractivity contribution in [3.05, 3.63) is 0 Å². The molecule has 5 nitrogen and oxygen atoms in total. The summed E-state index contributed by atoms with van der Waals surface area (Å²) in [6, 6.07) is 1.37. The van der Waals surface area contributed by atoms with Gasteiger partial charge in [-0.05, 0) is 26.3 Å². The predicted octanol–water partition coefficient (Wildman–Crippen LogP) is 0.408. The van der Waals surface area contributed by atoms with E-state index in [-0.39, 0.29) is 0 Å². The van der Waals surface area contributed by atoms with Crippen LogP contribution in [-0.2, 0) is 9.47 Å². The molecule has 2 atom stereocenters. The number of nitrogens with one attached hydrogen (secondary N) is 1.